The molecule has 0 spiro atoms. The van der Waals surface area contributed by atoms with E-state index in [0.29, 0.717) is 0 Å². The molecule has 0 bridgehead atoms. The van der Waals surface area contributed by atoms with Gasteiger partial charge in [0.25, 0.3) is 0 Å². The van der Waals surface area contributed by atoms with E-state index >= 15 is 0 Å². The number of benzene rings is 1. The highest BCUT2D eigenvalue weighted by Gasteiger charge is 2.04. The quantitative estimate of drug-likeness (QED) is 0.779. The van der Waals surface area contributed by atoms with E-state index in [0.717, 1.165) is 29.9 Å². The molecule has 0 aliphatic heterocycles. The molecule has 1 aromatic rings. The van der Waals surface area contributed by atoms with Crippen molar-refractivity contribution in [3.05, 3.63) is 41.8 Å². The highest BCUT2D eigenvalue weighted by molar-refractivity contribution is 5.64. The molecule has 1 nitrogen and oxygen atoms in total. The van der Waals surface area contributed by atoms with E-state index in [1.165, 1.54) is 18.9 Å². The Labute approximate surface area is 104 Å². The van der Waals surface area contributed by atoms with E-state index in [-0.39, 0.29) is 5.82 Å². The molecule has 94 valence electrons. The molecule has 0 radical (unpaired) electrons. The molecular formula is C15H22FN. The first-order chi connectivity index (χ1) is 8.17. The molecule has 17 heavy (non-hydrogen) atoms. The standard InChI is InChI=1S/C15H22FN/c1-3-12(2)6-4-8-14(11-17)13-7-5-9-15(16)10-13/h5,7,9-12H,3-4,6,8,17H2,1-2H3/b14-11-. The van der Waals surface area contributed by atoms with Crippen LogP contribution in [0.2, 0.25) is 0 Å². The summed E-state index contributed by atoms with van der Waals surface area (Å²) in [4.78, 5) is 0. The maximum atomic E-state index is 13.1. The zero-order valence-corrected chi connectivity index (χ0v) is 10.7. The van der Waals surface area contributed by atoms with Crippen LogP contribution in [-0.4, -0.2) is 0 Å². The zero-order chi connectivity index (χ0) is 12.7. The summed E-state index contributed by atoms with van der Waals surface area (Å²) >= 11 is 0. The fourth-order valence-electron chi connectivity index (χ4n) is 1.86. The first-order valence-corrected chi connectivity index (χ1v) is 6.34. The van der Waals surface area contributed by atoms with Crippen molar-refractivity contribution < 1.29 is 4.39 Å². The Kier molecular flexibility index (Phi) is 5.75. The minimum Gasteiger partial charge on any atom is -0.404 e. The van der Waals surface area contributed by atoms with Gasteiger partial charge in [-0.05, 0) is 48.2 Å². The minimum absolute atomic E-state index is 0.205. The van der Waals surface area contributed by atoms with Gasteiger partial charge in [-0.2, -0.15) is 0 Å². The van der Waals surface area contributed by atoms with Gasteiger partial charge in [0.2, 0.25) is 0 Å². The molecule has 2 heteroatoms. The number of hydrogen-bond acceptors (Lipinski definition) is 1. The van der Waals surface area contributed by atoms with Crippen LogP contribution in [-0.2, 0) is 0 Å². The van der Waals surface area contributed by atoms with Gasteiger partial charge < -0.3 is 5.73 Å². The van der Waals surface area contributed by atoms with Gasteiger partial charge in [-0.1, -0.05) is 38.8 Å². The van der Waals surface area contributed by atoms with Crippen molar-refractivity contribution in [3.8, 4) is 0 Å². The van der Waals surface area contributed by atoms with Gasteiger partial charge in [0.1, 0.15) is 5.82 Å². The van der Waals surface area contributed by atoms with E-state index < -0.39 is 0 Å². The van der Waals surface area contributed by atoms with Crippen LogP contribution in [0.5, 0.6) is 0 Å². The van der Waals surface area contributed by atoms with Crippen LogP contribution in [0.1, 0.15) is 45.1 Å². The highest BCUT2D eigenvalue weighted by atomic mass is 19.1. The predicted octanol–water partition coefficient (Wildman–Crippen LogP) is 4.34. The molecule has 0 aliphatic carbocycles. The lowest BCUT2D eigenvalue weighted by molar-refractivity contribution is 0.500. The number of rotatable bonds is 6. The number of halogens is 1. The summed E-state index contributed by atoms with van der Waals surface area (Å²) in [6, 6.07) is 6.63. The maximum Gasteiger partial charge on any atom is 0.123 e. The minimum atomic E-state index is -0.205. The van der Waals surface area contributed by atoms with Crippen molar-refractivity contribution in [1.29, 1.82) is 0 Å². The number of allylic oxidation sites excluding steroid dienone is 1. The van der Waals surface area contributed by atoms with Gasteiger partial charge in [-0.25, -0.2) is 4.39 Å². The van der Waals surface area contributed by atoms with Crippen LogP contribution in [0.15, 0.2) is 30.5 Å². The van der Waals surface area contributed by atoms with Crippen molar-refractivity contribution in [2.75, 3.05) is 0 Å². The summed E-state index contributed by atoms with van der Waals surface area (Å²) in [5.74, 6) is 0.547. The second-order valence-corrected chi connectivity index (χ2v) is 4.61. The van der Waals surface area contributed by atoms with E-state index in [2.05, 4.69) is 13.8 Å². The summed E-state index contributed by atoms with van der Waals surface area (Å²) in [6.45, 7) is 4.46. The van der Waals surface area contributed by atoms with E-state index in [1.54, 1.807) is 18.3 Å². The summed E-state index contributed by atoms with van der Waals surface area (Å²) < 4.78 is 13.1. The predicted molar refractivity (Wildman–Crippen MR) is 71.9 cm³/mol. The molecule has 1 aromatic carbocycles. The smallest absolute Gasteiger partial charge is 0.123 e. The van der Waals surface area contributed by atoms with Crippen molar-refractivity contribution >= 4 is 5.57 Å². The first-order valence-electron chi connectivity index (χ1n) is 6.34. The van der Waals surface area contributed by atoms with Gasteiger partial charge >= 0.3 is 0 Å². The Morgan fingerprint density at radius 2 is 2.24 bits per heavy atom. The third-order valence-electron chi connectivity index (χ3n) is 3.24. The maximum absolute atomic E-state index is 13.1. The average Bonchev–Trinajstić information content (AvgIpc) is 2.34. The Morgan fingerprint density at radius 3 is 2.82 bits per heavy atom. The molecule has 0 fully saturated rings. The summed E-state index contributed by atoms with van der Waals surface area (Å²) in [6.07, 6.45) is 6.04. The van der Waals surface area contributed by atoms with Crippen LogP contribution in [0.25, 0.3) is 5.57 Å². The molecule has 0 aliphatic rings. The Balaban J connectivity index is 2.55. The molecule has 2 N–H and O–H groups in total. The Hall–Kier alpha value is -1.31. The van der Waals surface area contributed by atoms with Gasteiger partial charge in [-0.3, -0.25) is 0 Å². The van der Waals surface area contributed by atoms with Gasteiger partial charge in [0.15, 0.2) is 0 Å². The van der Waals surface area contributed by atoms with Crippen LogP contribution in [0.3, 0.4) is 0 Å². The van der Waals surface area contributed by atoms with Gasteiger partial charge in [0, 0.05) is 0 Å². The molecule has 0 amide bonds. The lowest BCUT2D eigenvalue weighted by Crippen LogP contribution is -1.95. The zero-order valence-electron chi connectivity index (χ0n) is 10.7. The first kappa shape index (κ1) is 13.8. The third-order valence-corrected chi connectivity index (χ3v) is 3.24. The van der Waals surface area contributed by atoms with E-state index in [4.69, 9.17) is 5.73 Å². The average molecular weight is 235 g/mol. The second kappa shape index (κ2) is 7.10. The van der Waals surface area contributed by atoms with Crippen molar-refractivity contribution in [2.45, 2.75) is 39.5 Å². The third kappa shape index (κ3) is 4.59. The van der Waals surface area contributed by atoms with Crippen LogP contribution in [0.4, 0.5) is 4.39 Å². The van der Waals surface area contributed by atoms with E-state index in [9.17, 15) is 4.39 Å². The van der Waals surface area contributed by atoms with Gasteiger partial charge in [0.05, 0.1) is 0 Å². The highest BCUT2D eigenvalue weighted by Crippen LogP contribution is 2.22. The Bertz CT molecular complexity index is 371. The molecule has 0 aromatic heterocycles. The molecule has 1 rings (SSSR count). The van der Waals surface area contributed by atoms with Crippen LogP contribution >= 0.6 is 0 Å². The van der Waals surface area contributed by atoms with Crippen molar-refractivity contribution in [2.24, 2.45) is 11.7 Å². The topological polar surface area (TPSA) is 26.0 Å². The van der Waals surface area contributed by atoms with Crippen molar-refractivity contribution in [3.63, 3.8) is 0 Å². The molecule has 0 saturated carbocycles. The van der Waals surface area contributed by atoms with Crippen LogP contribution < -0.4 is 5.73 Å². The number of nitrogens with two attached hydrogens (primary N) is 1. The summed E-state index contributed by atoms with van der Waals surface area (Å²) in [5, 5.41) is 0. The fraction of sp³-hybridized carbons (Fsp3) is 0.467. The number of hydrogen-bond donors (Lipinski definition) is 1. The molecule has 1 unspecified atom stereocenters. The largest absolute Gasteiger partial charge is 0.404 e. The second-order valence-electron chi connectivity index (χ2n) is 4.61. The van der Waals surface area contributed by atoms with Crippen LogP contribution in [0, 0.1) is 11.7 Å². The molecule has 1 atom stereocenters. The van der Waals surface area contributed by atoms with E-state index in [1.807, 2.05) is 6.07 Å². The Morgan fingerprint density at radius 1 is 1.47 bits per heavy atom. The SMILES string of the molecule is CCC(C)CCC/C(=C/N)c1cccc(F)c1. The van der Waals surface area contributed by atoms with Crippen molar-refractivity contribution in [1.82, 2.24) is 0 Å². The lowest BCUT2D eigenvalue weighted by atomic mass is 9.96. The monoisotopic (exact) mass is 235 g/mol. The fourth-order valence-corrected chi connectivity index (χ4v) is 1.86. The normalized spacial score (nSPS) is 13.7. The molecular weight excluding hydrogens is 213 g/mol. The summed E-state index contributed by atoms with van der Waals surface area (Å²) in [7, 11) is 0. The summed E-state index contributed by atoms with van der Waals surface area (Å²) in [5.41, 5.74) is 7.55. The lowest BCUT2D eigenvalue weighted by Gasteiger charge is -2.10. The molecule has 0 saturated heterocycles. The van der Waals surface area contributed by atoms with Gasteiger partial charge in [-0.15, -0.1) is 0 Å². The molecule has 0 heterocycles.